The van der Waals surface area contributed by atoms with Crippen molar-refractivity contribution in [2.24, 2.45) is 11.3 Å². The van der Waals surface area contributed by atoms with E-state index < -0.39 is 17.7 Å². The molecule has 0 aliphatic carbocycles. The van der Waals surface area contributed by atoms with Crippen molar-refractivity contribution in [2.75, 3.05) is 11.5 Å². The van der Waals surface area contributed by atoms with Gasteiger partial charge in [-0.1, -0.05) is 67.6 Å². The highest BCUT2D eigenvalue weighted by Crippen LogP contribution is 2.58. The zero-order chi connectivity index (χ0) is 19.8. The molecule has 3 fully saturated rings. The van der Waals surface area contributed by atoms with E-state index in [0.29, 0.717) is 12.2 Å². The predicted molar refractivity (Wildman–Crippen MR) is 108 cm³/mol. The third kappa shape index (κ3) is 2.12. The summed E-state index contributed by atoms with van der Waals surface area (Å²) >= 11 is 0. The third-order valence-electron chi connectivity index (χ3n) is 7.11. The molecule has 4 aliphatic heterocycles. The number of Topliss-reactive ketones (excluding diaryl/α,β-unsaturated/α-hetero) is 2. The van der Waals surface area contributed by atoms with Crippen LogP contribution in [0.1, 0.15) is 22.8 Å². The normalized spacial score (nSPS) is 36.5. The van der Waals surface area contributed by atoms with E-state index in [1.807, 2.05) is 61.5 Å². The number of anilines is 1. The van der Waals surface area contributed by atoms with Crippen LogP contribution in [0.5, 0.6) is 0 Å². The Morgan fingerprint density at radius 2 is 1.86 bits per heavy atom. The van der Waals surface area contributed by atoms with Crippen LogP contribution < -0.4 is 4.90 Å². The lowest BCUT2D eigenvalue weighted by atomic mass is 9.65. The molecule has 3 saturated heterocycles. The number of nitrogens with zero attached hydrogens (tertiary/aromatic N) is 1. The van der Waals surface area contributed by atoms with Crippen LogP contribution in [0, 0.1) is 11.3 Å². The van der Waals surface area contributed by atoms with E-state index in [2.05, 4.69) is 17.1 Å². The highest BCUT2D eigenvalue weighted by atomic mass is 16.7. The molecule has 29 heavy (non-hydrogen) atoms. The van der Waals surface area contributed by atoms with Gasteiger partial charge in [0, 0.05) is 16.7 Å². The summed E-state index contributed by atoms with van der Waals surface area (Å²) < 4.78 is 11.6. The molecule has 6 atom stereocenters. The van der Waals surface area contributed by atoms with Crippen molar-refractivity contribution < 1.29 is 19.1 Å². The minimum absolute atomic E-state index is 0.0208. The molecule has 2 aromatic rings. The number of rotatable bonds is 2. The Hall–Kier alpha value is -2.76. The molecule has 4 heterocycles. The van der Waals surface area contributed by atoms with Gasteiger partial charge in [-0.2, -0.15) is 0 Å². The molecule has 0 amide bonds. The van der Waals surface area contributed by atoms with Gasteiger partial charge in [0.15, 0.2) is 11.6 Å². The summed E-state index contributed by atoms with van der Waals surface area (Å²) in [5.41, 5.74) is 2.03. The van der Waals surface area contributed by atoms with Crippen LogP contribution in [-0.2, 0) is 14.3 Å². The number of benzene rings is 2. The summed E-state index contributed by atoms with van der Waals surface area (Å²) in [7, 11) is 0. The Balaban J connectivity index is 1.58. The molecule has 5 heteroatoms. The van der Waals surface area contributed by atoms with Gasteiger partial charge in [0.05, 0.1) is 24.7 Å². The number of fused-ring (bicyclic) bond motifs is 8. The largest absolute Gasteiger partial charge is 0.353 e. The fourth-order valence-electron chi connectivity index (χ4n) is 5.78. The molecule has 0 N–H and O–H groups in total. The molecular formula is C24H21NO4. The second kappa shape index (κ2) is 5.88. The molecule has 6 rings (SSSR count). The van der Waals surface area contributed by atoms with E-state index in [-0.39, 0.29) is 29.6 Å². The Bertz CT molecular complexity index is 1050. The van der Waals surface area contributed by atoms with Crippen molar-refractivity contribution in [3.05, 3.63) is 71.8 Å². The van der Waals surface area contributed by atoms with Crippen molar-refractivity contribution >= 4 is 23.3 Å². The van der Waals surface area contributed by atoms with E-state index in [0.717, 1.165) is 11.3 Å². The predicted octanol–water partition coefficient (Wildman–Crippen LogP) is 3.10. The quantitative estimate of drug-likeness (QED) is 0.742. The number of carbonyl (C=O) groups is 2. The summed E-state index contributed by atoms with van der Waals surface area (Å²) in [5.74, 6) is -0.382. The minimum atomic E-state index is -0.809. The van der Waals surface area contributed by atoms with E-state index >= 15 is 0 Å². The van der Waals surface area contributed by atoms with Crippen LogP contribution in [0.3, 0.4) is 0 Å². The first-order valence-corrected chi connectivity index (χ1v) is 10.1. The van der Waals surface area contributed by atoms with E-state index in [1.54, 1.807) is 0 Å². The van der Waals surface area contributed by atoms with Crippen molar-refractivity contribution in [2.45, 2.75) is 31.4 Å². The first kappa shape index (κ1) is 17.1. The molecule has 2 bridgehead atoms. The maximum Gasteiger partial charge on any atom is 0.218 e. The van der Waals surface area contributed by atoms with E-state index in [4.69, 9.17) is 9.47 Å². The van der Waals surface area contributed by atoms with Crippen LogP contribution in [0.4, 0.5) is 5.69 Å². The topological polar surface area (TPSA) is 55.8 Å². The number of carbonyl (C=O) groups excluding carboxylic acids is 2. The SMILES string of the molecule is C[C@@]12[C@H](C(=O)[C@H]3OC[C@H]1O3)[C@H]1C=Cc3ccccc3N1[C@@H]2C(=O)c1ccccc1. The van der Waals surface area contributed by atoms with Gasteiger partial charge < -0.3 is 14.4 Å². The highest BCUT2D eigenvalue weighted by Gasteiger charge is 2.70. The van der Waals surface area contributed by atoms with E-state index in [9.17, 15) is 9.59 Å². The number of ether oxygens (including phenoxy) is 2. The average molecular weight is 387 g/mol. The Kier molecular flexibility index (Phi) is 3.47. The fourth-order valence-corrected chi connectivity index (χ4v) is 5.78. The molecular weight excluding hydrogens is 366 g/mol. The second-order valence-electron chi connectivity index (χ2n) is 8.48. The second-order valence-corrected chi connectivity index (χ2v) is 8.48. The third-order valence-corrected chi connectivity index (χ3v) is 7.11. The molecule has 5 nitrogen and oxygen atoms in total. The first-order valence-electron chi connectivity index (χ1n) is 10.1. The lowest BCUT2D eigenvalue weighted by molar-refractivity contribution is -0.173. The van der Waals surface area contributed by atoms with E-state index in [1.165, 1.54) is 0 Å². The number of hydrogen-bond donors (Lipinski definition) is 0. The molecule has 0 unspecified atom stereocenters. The summed E-state index contributed by atoms with van der Waals surface area (Å²) in [6, 6.07) is 16.7. The van der Waals surface area contributed by atoms with Crippen LogP contribution in [0.15, 0.2) is 60.7 Å². The zero-order valence-corrected chi connectivity index (χ0v) is 16.0. The Labute approximate surface area is 168 Å². The fraction of sp³-hybridized carbons (Fsp3) is 0.333. The zero-order valence-electron chi connectivity index (χ0n) is 16.0. The Morgan fingerprint density at radius 1 is 1.10 bits per heavy atom. The van der Waals surface area contributed by atoms with Crippen LogP contribution in [-0.4, -0.2) is 42.7 Å². The number of hydrogen-bond acceptors (Lipinski definition) is 5. The molecule has 4 aliphatic rings. The van der Waals surface area contributed by atoms with Gasteiger partial charge in [0.2, 0.25) is 6.29 Å². The van der Waals surface area contributed by atoms with Crippen molar-refractivity contribution in [1.82, 2.24) is 0 Å². The smallest absolute Gasteiger partial charge is 0.218 e. The van der Waals surface area contributed by atoms with Gasteiger partial charge >= 0.3 is 0 Å². The van der Waals surface area contributed by atoms with Crippen LogP contribution in [0.2, 0.25) is 0 Å². The first-order chi connectivity index (χ1) is 14.1. The molecule has 0 spiro atoms. The van der Waals surface area contributed by atoms with Gasteiger partial charge in [-0.25, -0.2) is 0 Å². The molecule has 0 saturated carbocycles. The standard InChI is InChI=1S/C24H21NO4/c1-24-18-13-28-23(29-18)21(27)19(24)17-12-11-14-7-5-6-10-16(14)25(17)22(24)20(26)15-8-3-2-4-9-15/h2-12,17-19,22-23H,13H2,1H3/t17-,18-,19+,22-,23+,24+/m1/s1. The van der Waals surface area contributed by atoms with Gasteiger partial charge in [-0.15, -0.1) is 0 Å². The number of para-hydroxylation sites is 1. The molecule has 0 radical (unpaired) electrons. The van der Waals surface area contributed by atoms with Gasteiger partial charge in [-0.3, -0.25) is 9.59 Å². The maximum absolute atomic E-state index is 13.9. The van der Waals surface area contributed by atoms with Crippen molar-refractivity contribution in [3.8, 4) is 0 Å². The molecule has 146 valence electrons. The number of ketones is 2. The Morgan fingerprint density at radius 3 is 2.69 bits per heavy atom. The summed E-state index contributed by atoms with van der Waals surface area (Å²) in [6.07, 6.45) is 3.04. The summed E-state index contributed by atoms with van der Waals surface area (Å²) in [5, 5.41) is 0. The van der Waals surface area contributed by atoms with Gasteiger partial charge in [0.1, 0.15) is 6.04 Å². The minimum Gasteiger partial charge on any atom is -0.353 e. The van der Waals surface area contributed by atoms with Crippen LogP contribution in [0.25, 0.3) is 6.08 Å². The van der Waals surface area contributed by atoms with Gasteiger partial charge in [-0.05, 0) is 11.6 Å². The summed E-state index contributed by atoms with van der Waals surface area (Å²) in [4.78, 5) is 29.4. The molecule has 0 aromatic heterocycles. The maximum atomic E-state index is 13.9. The van der Waals surface area contributed by atoms with Crippen LogP contribution >= 0.6 is 0 Å². The van der Waals surface area contributed by atoms with Gasteiger partial charge in [0.25, 0.3) is 0 Å². The van der Waals surface area contributed by atoms with Crippen molar-refractivity contribution in [3.63, 3.8) is 0 Å². The molecule has 2 aromatic carbocycles. The monoisotopic (exact) mass is 387 g/mol. The highest BCUT2D eigenvalue weighted by molar-refractivity contribution is 6.06. The average Bonchev–Trinajstić information content (AvgIpc) is 3.33. The van der Waals surface area contributed by atoms with Crippen molar-refractivity contribution in [1.29, 1.82) is 0 Å². The summed E-state index contributed by atoms with van der Waals surface area (Å²) in [6.45, 7) is 2.37. The lowest BCUT2D eigenvalue weighted by Crippen LogP contribution is -2.56. The lowest BCUT2D eigenvalue weighted by Gasteiger charge is -2.42.